The smallest absolute Gasteiger partial charge is 0.263 e. The standard InChI is InChI=1S/C11H12BrN3O2S/c1-2-9-7-11(14-13-9)15-18(16,17)10-5-3-4-8(12)6-10/h3-7H,2H2,1H3,(H2,13,14,15). The van der Waals surface area contributed by atoms with Crippen LogP contribution in [-0.2, 0) is 16.4 Å². The van der Waals surface area contributed by atoms with Crippen LogP contribution in [0.4, 0.5) is 5.82 Å². The molecule has 0 aliphatic heterocycles. The molecule has 0 spiro atoms. The second-order valence-corrected chi connectivity index (χ2v) is 6.29. The number of anilines is 1. The number of aryl methyl sites for hydroxylation is 1. The Morgan fingerprint density at radius 1 is 1.39 bits per heavy atom. The zero-order chi connectivity index (χ0) is 13.2. The molecule has 2 aromatic rings. The quantitative estimate of drug-likeness (QED) is 0.905. The molecule has 96 valence electrons. The van der Waals surface area contributed by atoms with E-state index in [4.69, 9.17) is 0 Å². The van der Waals surface area contributed by atoms with Gasteiger partial charge < -0.3 is 0 Å². The van der Waals surface area contributed by atoms with E-state index in [1.54, 1.807) is 18.2 Å². The number of sulfonamides is 1. The third-order valence-electron chi connectivity index (χ3n) is 2.36. The molecule has 0 radical (unpaired) electrons. The summed E-state index contributed by atoms with van der Waals surface area (Å²) in [6.07, 6.45) is 0.769. The molecule has 1 aromatic heterocycles. The monoisotopic (exact) mass is 329 g/mol. The van der Waals surface area contributed by atoms with E-state index in [0.29, 0.717) is 10.3 Å². The maximum Gasteiger partial charge on any atom is 0.263 e. The van der Waals surface area contributed by atoms with E-state index in [1.807, 2.05) is 6.92 Å². The summed E-state index contributed by atoms with van der Waals surface area (Å²) in [6.45, 7) is 1.96. The number of aromatic nitrogens is 2. The first-order valence-corrected chi connectivity index (χ1v) is 7.61. The van der Waals surface area contributed by atoms with E-state index >= 15 is 0 Å². The van der Waals surface area contributed by atoms with Crippen LogP contribution in [0.25, 0.3) is 0 Å². The normalized spacial score (nSPS) is 11.4. The van der Waals surface area contributed by atoms with Crippen molar-refractivity contribution < 1.29 is 8.42 Å². The van der Waals surface area contributed by atoms with Gasteiger partial charge in [-0.05, 0) is 24.6 Å². The predicted octanol–water partition coefficient (Wildman–Crippen LogP) is 2.54. The van der Waals surface area contributed by atoms with Crippen LogP contribution in [0.5, 0.6) is 0 Å². The molecule has 0 unspecified atom stereocenters. The third kappa shape index (κ3) is 2.91. The Kier molecular flexibility index (Phi) is 3.72. The lowest BCUT2D eigenvalue weighted by Crippen LogP contribution is -2.13. The number of halogens is 1. The van der Waals surface area contributed by atoms with Crippen LogP contribution in [0.3, 0.4) is 0 Å². The number of aromatic amines is 1. The Hall–Kier alpha value is -1.34. The summed E-state index contributed by atoms with van der Waals surface area (Å²) in [6, 6.07) is 8.18. The molecule has 0 amide bonds. The molecule has 1 aromatic carbocycles. The molecule has 0 aliphatic carbocycles. The summed E-state index contributed by atoms with van der Waals surface area (Å²) >= 11 is 3.24. The van der Waals surface area contributed by atoms with Crippen molar-refractivity contribution in [2.75, 3.05) is 4.72 Å². The van der Waals surface area contributed by atoms with Crippen LogP contribution in [0.2, 0.25) is 0 Å². The topological polar surface area (TPSA) is 74.8 Å². The van der Waals surface area contributed by atoms with Crippen molar-refractivity contribution >= 4 is 31.8 Å². The number of nitrogens with zero attached hydrogens (tertiary/aromatic N) is 1. The molecular weight excluding hydrogens is 318 g/mol. The highest BCUT2D eigenvalue weighted by molar-refractivity contribution is 9.10. The van der Waals surface area contributed by atoms with Crippen LogP contribution in [0.1, 0.15) is 12.6 Å². The maximum atomic E-state index is 12.1. The first-order valence-electron chi connectivity index (χ1n) is 5.34. The van der Waals surface area contributed by atoms with Crippen molar-refractivity contribution in [3.05, 3.63) is 40.5 Å². The fourth-order valence-electron chi connectivity index (χ4n) is 1.43. The Balaban J connectivity index is 2.27. The van der Waals surface area contributed by atoms with Crippen molar-refractivity contribution in [1.29, 1.82) is 0 Å². The molecule has 0 saturated carbocycles. The molecule has 2 rings (SSSR count). The summed E-state index contributed by atoms with van der Waals surface area (Å²) in [7, 11) is -3.59. The first kappa shape index (κ1) is 13.1. The zero-order valence-electron chi connectivity index (χ0n) is 9.64. The molecule has 18 heavy (non-hydrogen) atoms. The number of H-pyrrole nitrogens is 1. The molecule has 7 heteroatoms. The fourth-order valence-corrected chi connectivity index (χ4v) is 3.01. The predicted molar refractivity (Wildman–Crippen MR) is 72.9 cm³/mol. The van der Waals surface area contributed by atoms with Gasteiger partial charge in [0, 0.05) is 16.2 Å². The van der Waals surface area contributed by atoms with Gasteiger partial charge in [-0.3, -0.25) is 9.82 Å². The van der Waals surface area contributed by atoms with Crippen LogP contribution >= 0.6 is 15.9 Å². The largest absolute Gasteiger partial charge is 0.280 e. The Morgan fingerprint density at radius 3 is 2.78 bits per heavy atom. The van der Waals surface area contributed by atoms with Gasteiger partial charge in [-0.15, -0.1) is 0 Å². The lowest BCUT2D eigenvalue weighted by atomic mass is 10.3. The number of nitrogens with one attached hydrogen (secondary N) is 2. The fraction of sp³-hybridized carbons (Fsp3) is 0.182. The van der Waals surface area contributed by atoms with Crippen molar-refractivity contribution in [3.8, 4) is 0 Å². The zero-order valence-corrected chi connectivity index (χ0v) is 12.0. The summed E-state index contributed by atoms with van der Waals surface area (Å²) in [5.74, 6) is 0.298. The average molecular weight is 330 g/mol. The van der Waals surface area contributed by atoms with E-state index in [-0.39, 0.29) is 4.90 Å². The molecule has 0 aliphatic rings. The summed E-state index contributed by atoms with van der Waals surface area (Å²) in [4.78, 5) is 0.193. The highest BCUT2D eigenvalue weighted by atomic mass is 79.9. The molecule has 0 bridgehead atoms. The van der Waals surface area contributed by atoms with E-state index < -0.39 is 10.0 Å². The van der Waals surface area contributed by atoms with Gasteiger partial charge in [-0.2, -0.15) is 5.10 Å². The molecule has 2 N–H and O–H groups in total. The lowest BCUT2D eigenvalue weighted by molar-refractivity contribution is 0.601. The number of hydrogen-bond acceptors (Lipinski definition) is 3. The molecule has 5 nitrogen and oxygen atoms in total. The van der Waals surface area contributed by atoms with Gasteiger partial charge in [0.25, 0.3) is 10.0 Å². The van der Waals surface area contributed by atoms with Gasteiger partial charge in [-0.25, -0.2) is 8.42 Å². The lowest BCUT2D eigenvalue weighted by Gasteiger charge is -2.05. The maximum absolute atomic E-state index is 12.1. The van der Waals surface area contributed by atoms with Gasteiger partial charge in [-0.1, -0.05) is 28.9 Å². The minimum Gasteiger partial charge on any atom is -0.280 e. The van der Waals surface area contributed by atoms with E-state index in [2.05, 4.69) is 30.8 Å². The van der Waals surface area contributed by atoms with Gasteiger partial charge in [0.05, 0.1) is 4.90 Å². The third-order valence-corrected chi connectivity index (χ3v) is 4.20. The van der Waals surface area contributed by atoms with Crippen LogP contribution < -0.4 is 4.72 Å². The number of hydrogen-bond donors (Lipinski definition) is 2. The van der Waals surface area contributed by atoms with Crippen molar-refractivity contribution in [1.82, 2.24) is 10.2 Å². The minimum atomic E-state index is -3.59. The van der Waals surface area contributed by atoms with Crippen LogP contribution in [0.15, 0.2) is 39.7 Å². The average Bonchev–Trinajstić information content (AvgIpc) is 2.76. The SMILES string of the molecule is CCc1cc(NS(=O)(=O)c2cccc(Br)c2)n[nH]1. The van der Waals surface area contributed by atoms with Crippen LogP contribution in [0, 0.1) is 0 Å². The molecular formula is C11H12BrN3O2S. The van der Waals surface area contributed by atoms with Gasteiger partial charge in [0.1, 0.15) is 0 Å². The Labute approximate surface area is 114 Å². The molecule has 1 heterocycles. The van der Waals surface area contributed by atoms with Crippen molar-refractivity contribution in [3.63, 3.8) is 0 Å². The van der Waals surface area contributed by atoms with Gasteiger partial charge in [0.2, 0.25) is 0 Å². The molecule has 0 atom stereocenters. The summed E-state index contributed by atoms with van der Waals surface area (Å²) in [5.41, 5.74) is 0.877. The van der Waals surface area contributed by atoms with E-state index in [0.717, 1.165) is 12.1 Å². The van der Waals surface area contributed by atoms with E-state index in [1.165, 1.54) is 12.1 Å². The van der Waals surface area contributed by atoms with Crippen molar-refractivity contribution in [2.45, 2.75) is 18.2 Å². The van der Waals surface area contributed by atoms with Crippen LogP contribution in [-0.4, -0.2) is 18.6 Å². The second kappa shape index (κ2) is 5.11. The summed E-state index contributed by atoms with van der Waals surface area (Å²) < 4.78 is 27.3. The van der Waals surface area contributed by atoms with Crippen molar-refractivity contribution in [2.24, 2.45) is 0 Å². The molecule has 0 saturated heterocycles. The van der Waals surface area contributed by atoms with Gasteiger partial charge in [0.15, 0.2) is 5.82 Å². The second-order valence-electron chi connectivity index (χ2n) is 3.69. The minimum absolute atomic E-state index is 0.193. The highest BCUT2D eigenvalue weighted by Crippen LogP contribution is 2.18. The highest BCUT2D eigenvalue weighted by Gasteiger charge is 2.15. The number of benzene rings is 1. The van der Waals surface area contributed by atoms with E-state index in [9.17, 15) is 8.42 Å². The number of rotatable bonds is 4. The first-order chi connectivity index (χ1) is 8.51. The van der Waals surface area contributed by atoms with Gasteiger partial charge >= 0.3 is 0 Å². The Morgan fingerprint density at radius 2 is 2.17 bits per heavy atom. The summed E-state index contributed by atoms with van der Waals surface area (Å²) in [5, 5.41) is 6.65. The molecule has 0 fully saturated rings. The Bertz CT molecular complexity index is 652.